The fourth-order valence-corrected chi connectivity index (χ4v) is 5.81. The number of piperidine rings is 2. The maximum atomic E-state index is 6.63. The highest BCUT2D eigenvalue weighted by Gasteiger charge is 2.21. The molecular weight excluding hydrogens is 460 g/mol. The molecule has 34 heavy (non-hydrogen) atoms. The number of hydrogen-bond donors (Lipinski definition) is 1. The first-order valence-corrected chi connectivity index (χ1v) is 12.8. The molecule has 3 nitrogen and oxygen atoms in total. The summed E-state index contributed by atoms with van der Waals surface area (Å²) >= 11 is 4.82. The van der Waals surface area contributed by atoms with Crippen LogP contribution in [0.2, 0.25) is 0 Å². The highest BCUT2D eigenvalue weighted by molar-refractivity contribution is 7.80. The van der Waals surface area contributed by atoms with E-state index in [1.807, 2.05) is 6.07 Å². The summed E-state index contributed by atoms with van der Waals surface area (Å²) in [5.74, 6) is 0.952. The lowest BCUT2D eigenvalue weighted by molar-refractivity contribution is -0.00000688. The van der Waals surface area contributed by atoms with Crippen molar-refractivity contribution in [2.24, 2.45) is 0 Å². The summed E-state index contributed by atoms with van der Waals surface area (Å²) in [6, 6.07) is 21.9. The molecule has 0 aromatic heterocycles. The van der Waals surface area contributed by atoms with E-state index in [-0.39, 0.29) is 12.4 Å². The average Bonchev–Trinajstić information content (AvgIpc) is 2.88. The van der Waals surface area contributed by atoms with Crippen molar-refractivity contribution in [2.45, 2.75) is 43.4 Å². The van der Waals surface area contributed by atoms with E-state index in [0.717, 1.165) is 58.9 Å². The van der Waals surface area contributed by atoms with Crippen LogP contribution in [0.3, 0.4) is 0 Å². The van der Waals surface area contributed by atoms with Gasteiger partial charge in [-0.1, -0.05) is 18.2 Å². The molecule has 2 saturated heterocycles. The number of hydrogen-bond acceptors (Lipinski definition) is 3. The predicted molar refractivity (Wildman–Crippen MR) is 140 cm³/mol. The maximum Gasteiger partial charge on any atom is 0.203 e. The Labute approximate surface area is 213 Å². The van der Waals surface area contributed by atoms with Gasteiger partial charge in [-0.3, -0.25) is 0 Å². The molecule has 2 aromatic carbocycles. The van der Waals surface area contributed by atoms with Gasteiger partial charge < -0.3 is 21.7 Å². The summed E-state index contributed by atoms with van der Waals surface area (Å²) < 4.78 is 9.13. The third-order valence-electron chi connectivity index (χ3n) is 7.30. The fourth-order valence-electron chi connectivity index (χ4n) is 5.54. The molecule has 0 spiro atoms. The molecule has 0 amide bonds. The molecule has 0 atom stereocenters. The Hall–Kier alpha value is -2.43. The second-order valence-electron chi connectivity index (χ2n) is 9.45. The second-order valence-corrected chi connectivity index (χ2v) is 9.93. The van der Waals surface area contributed by atoms with Crippen LogP contribution in [0.5, 0.6) is 0 Å². The van der Waals surface area contributed by atoms with Crippen LogP contribution in [0.4, 0.5) is 5.69 Å². The minimum atomic E-state index is 0. The zero-order chi connectivity index (χ0) is 22.2. The Morgan fingerprint density at radius 1 is 0.765 bits per heavy atom. The van der Waals surface area contributed by atoms with Crippen LogP contribution >= 0.6 is 12.6 Å². The Morgan fingerprint density at radius 3 is 2.32 bits per heavy atom. The second kappa shape index (κ2) is 10.1. The molecule has 1 aliphatic carbocycles. The number of rotatable bonds is 2. The van der Waals surface area contributed by atoms with E-state index in [2.05, 4.69) is 64.1 Å². The molecular formula is C29H31ClN2OS. The van der Waals surface area contributed by atoms with Crippen LogP contribution in [-0.2, 0) is 0 Å². The van der Waals surface area contributed by atoms with Crippen LogP contribution in [0.1, 0.15) is 38.5 Å². The number of halogens is 1. The molecule has 2 aromatic rings. The molecule has 0 bridgehead atoms. The van der Waals surface area contributed by atoms with Crippen molar-refractivity contribution in [3.05, 3.63) is 66.0 Å². The standard InChI is InChI=1S/C29H30N2OS.ClH/c33-28-10-4-3-9-25(28)29-23-13-11-21(30-15-5-1-6-16-30)19-26(23)32-27-20-22(12-14-24(27)29)31-17-7-2-8-18-31;/h3-4,9-14,19-20H,1-2,5-8,15-18H2;1H. The average molecular weight is 491 g/mol. The van der Waals surface area contributed by atoms with Gasteiger partial charge in [0.25, 0.3) is 0 Å². The van der Waals surface area contributed by atoms with Crippen molar-refractivity contribution in [1.82, 2.24) is 4.58 Å². The summed E-state index contributed by atoms with van der Waals surface area (Å²) in [6.45, 7) is 4.52. The van der Waals surface area contributed by atoms with Crippen molar-refractivity contribution < 1.29 is 16.8 Å². The third kappa shape index (κ3) is 4.34. The lowest BCUT2D eigenvalue weighted by Crippen LogP contribution is -3.00. The zero-order valence-corrected chi connectivity index (χ0v) is 21.1. The molecule has 0 radical (unpaired) electrons. The molecule has 3 heterocycles. The van der Waals surface area contributed by atoms with E-state index >= 15 is 0 Å². The lowest BCUT2D eigenvalue weighted by Gasteiger charge is -2.29. The SMILES string of the molecule is Sc1ccccc1-c1c2ccc(=[N+]3CCCCC3)cc-2oc2cc(N3CCCCC3)ccc12.[Cl-]. The van der Waals surface area contributed by atoms with Gasteiger partial charge >= 0.3 is 0 Å². The molecule has 176 valence electrons. The van der Waals surface area contributed by atoms with Gasteiger partial charge in [-0.05, 0) is 55.5 Å². The number of anilines is 1. The molecule has 0 N–H and O–H groups in total. The molecule has 4 aliphatic rings. The molecule has 3 aliphatic heterocycles. The Kier molecular flexibility index (Phi) is 6.89. The van der Waals surface area contributed by atoms with E-state index in [0.29, 0.717) is 0 Å². The number of nitrogens with zero attached hydrogens (tertiary/aromatic N) is 2. The van der Waals surface area contributed by atoms with Crippen molar-refractivity contribution in [1.29, 1.82) is 0 Å². The summed E-state index contributed by atoms with van der Waals surface area (Å²) in [5, 5.41) is 2.41. The van der Waals surface area contributed by atoms with Crippen molar-refractivity contribution >= 4 is 29.3 Å². The minimum absolute atomic E-state index is 0. The van der Waals surface area contributed by atoms with E-state index in [1.54, 1.807) is 0 Å². The third-order valence-corrected chi connectivity index (χ3v) is 7.69. The van der Waals surface area contributed by atoms with Gasteiger partial charge in [-0.15, -0.1) is 12.6 Å². The first-order chi connectivity index (χ1) is 16.3. The Balaban J connectivity index is 0.00000241. The Bertz CT molecular complexity index is 1350. The fraction of sp³-hybridized carbons (Fsp3) is 0.345. The van der Waals surface area contributed by atoms with Crippen LogP contribution in [-0.4, -0.2) is 26.2 Å². The number of benzene rings is 3. The first kappa shape index (κ1) is 23.3. The lowest BCUT2D eigenvalue weighted by atomic mass is 9.93. The van der Waals surface area contributed by atoms with Gasteiger partial charge in [0, 0.05) is 65.2 Å². The highest BCUT2D eigenvalue weighted by atomic mass is 35.5. The van der Waals surface area contributed by atoms with Crippen molar-refractivity contribution in [3.8, 4) is 22.5 Å². The normalized spacial score (nSPS) is 16.6. The minimum Gasteiger partial charge on any atom is -1.00 e. The summed E-state index contributed by atoms with van der Waals surface area (Å²) in [5.41, 5.74) is 5.74. The van der Waals surface area contributed by atoms with Gasteiger partial charge in [0.05, 0.1) is 6.07 Å². The molecule has 0 unspecified atom stereocenters. The molecule has 2 fully saturated rings. The largest absolute Gasteiger partial charge is 1.00 e. The van der Waals surface area contributed by atoms with Gasteiger partial charge in [0.2, 0.25) is 5.36 Å². The summed E-state index contributed by atoms with van der Waals surface area (Å²) in [6.07, 6.45) is 7.74. The van der Waals surface area contributed by atoms with E-state index < -0.39 is 0 Å². The van der Waals surface area contributed by atoms with Crippen molar-refractivity contribution in [2.75, 3.05) is 31.1 Å². The Morgan fingerprint density at radius 2 is 1.53 bits per heavy atom. The number of thiol groups is 1. The van der Waals surface area contributed by atoms with Crippen LogP contribution in [0.25, 0.3) is 33.4 Å². The van der Waals surface area contributed by atoms with E-state index in [9.17, 15) is 0 Å². The summed E-state index contributed by atoms with van der Waals surface area (Å²) in [4.78, 5) is 3.49. The monoisotopic (exact) mass is 490 g/mol. The van der Waals surface area contributed by atoms with Crippen LogP contribution < -0.4 is 27.2 Å². The molecule has 5 heteroatoms. The van der Waals surface area contributed by atoms with Gasteiger partial charge in [-0.25, -0.2) is 4.58 Å². The van der Waals surface area contributed by atoms with E-state index in [4.69, 9.17) is 17.0 Å². The molecule has 0 saturated carbocycles. The van der Waals surface area contributed by atoms with Gasteiger partial charge in [0.1, 0.15) is 24.4 Å². The van der Waals surface area contributed by atoms with Crippen LogP contribution in [0, 0.1) is 0 Å². The van der Waals surface area contributed by atoms with Gasteiger partial charge in [0.15, 0.2) is 0 Å². The first-order valence-electron chi connectivity index (χ1n) is 12.4. The number of fused-ring (bicyclic) bond motifs is 2. The predicted octanol–water partition coefficient (Wildman–Crippen LogP) is 3.44. The topological polar surface area (TPSA) is 19.4 Å². The van der Waals surface area contributed by atoms with Gasteiger partial charge in [-0.2, -0.15) is 0 Å². The zero-order valence-electron chi connectivity index (χ0n) is 19.5. The van der Waals surface area contributed by atoms with Crippen LogP contribution in [0.15, 0.2) is 70.0 Å². The highest BCUT2D eigenvalue weighted by Crippen LogP contribution is 2.42. The molecule has 6 rings (SSSR count). The maximum absolute atomic E-state index is 6.63. The smallest absolute Gasteiger partial charge is 0.203 e. The quantitative estimate of drug-likeness (QED) is 0.264. The van der Waals surface area contributed by atoms with E-state index in [1.165, 1.54) is 55.1 Å². The summed E-state index contributed by atoms with van der Waals surface area (Å²) in [7, 11) is 0. The van der Waals surface area contributed by atoms with Crippen molar-refractivity contribution in [3.63, 3.8) is 0 Å².